The minimum absolute atomic E-state index is 0.0197. The molecule has 0 saturated heterocycles. The summed E-state index contributed by atoms with van der Waals surface area (Å²) in [5, 5.41) is 20.1. The van der Waals surface area contributed by atoms with Gasteiger partial charge in [-0.15, -0.1) is 0 Å². The van der Waals surface area contributed by atoms with Crippen LogP contribution in [0.5, 0.6) is 0 Å². The molecule has 2 N–H and O–H groups in total. The van der Waals surface area contributed by atoms with Gasteiger partial charge in [-0.1, -0.05) is 27.7 Å². The molecule has 0 aliphatic heterocycles. The number of aromatic carboxylic acids is 2. The molecule has 0 amide bonds. The van der Waals surface area contributed by atoms with Gasteiger partial charge in [0.05, 0.1) is 21.9 Å². The molecule has 2 aromatic carbocycles. The van der Waals surface area contributed by atoms with Gasteiger partial charge in [0.25, 0.3) is 0 Å². The van der Waals surface area contributed by atoms with E-state index in [9.17, 15) is 24.6 Å². The van der Waals surface area contributed by atoms with Crippen molar-refractivity contribution in [3.8, 4) is 0 Å². The van der Waals surface area contributed by atoms with Crippen molar-refractivity contribution >= 4 is 33.9 Å². The van der Waals surface area contributed by atoms with Gasteiger partial charge in [0.2, 0.25) is 5.43 Å². The Morgan fingerprint density at radius 3 is 1.95 bits per heavy atom. The van der Waals surface area contributed by atoms with E-state index in [2.05, 4.69) is 37.5 Å². The molecule has 0 bridgehead atoms. The Labute approximate surface area is 217 Å². The molecule has 200 valence electrons. The quantitative estimate of drug-likeness (QED) is 0.295. The summed E-state index contributed by atoms with van der Waals surface area (Å²) >= 11 is 0. The molecular formula is C29H38N2O6. The van der Waals surface area contributed by atoms with Crippen LogP contribution in [0.4, 0.5) is 0 Å². The highest BCUT2D eigenvalue weighted by Crippen LogP contribution is 2.30. The largest absolute Gasteiger partial charge is 0.478 e. The van der Waals surface area contributed by atoms with E-state index in [0.29, 0.717) is 36.0 Å². The van der Waals surface area contributed by atoms with Gasteiger partial charge in [-0.3, -0.25) is 4.79 Å². The monoisotopic (exact) mass is 510 g/mol. The predicted molar refractivity (Wildman–Crippen MR) is 146 cm³/mol. The summed E-state index contributed by atoms with van der Waals surface area (Å²) in [4.78, 5) is 42.3. The van der Waals surface area contributed by atoms with E-state index >= 15 is 0 Å². The third-order valence-electron chi connectivity index (χ3n) is 7.22. The van der Waals surface area contributed by atoms with Gasteiger partial charge in [-0.2, -0.15) is 0 Å². The molecule has 1 aromatic heterocycles. The van der Waals surface area contributed by atoms with Crippen molar-refractivity contribution in [2.24, 2.45) is 0 Å². The van der Waals surface area contributed by atoms with Gasteiger partial charge in [0, 0.05) is 0 Å². The van der Waals surface area contributed by atoms with Crippen molar-refractivity contribution in [3.63, 3.8) is 0 Å². The zero-order valence-corrected chi connectivity index (χ0v) is 22.3. The van der Waals surface area contributed by atoms with Crippen LogP contribution in [0.1, 0.15) is 72.4 Å². The van der Waals surface area contributed by atoms with Gasteiger partial charge in [0.1, 0.15) is 11.2 Å². The van der Waals surface area contributed by atoms with Crippen molar-refractivity contribution in [1.82, 2.24) is 9.80 Å². The number of carboxylic acids is 2. The minimum atomic E-state index is -1.14. The maximum Gasteiger partial charge on any atom is 0.336 e. The van der Waals surface area contributed by atoms with Crippen LogP contribution in [0.15, 0.2) is 33.5 Å². The fraction of sp³-hybridized carbons (Fsp3) is 0.483. The SMILES string of the molecule is CCN(CC)CCCc1cc2oc3ccc(C(=O)O)cc3c(=O)c2c(CCCN(CC)CC)c1C(=O)O. The third kappa shape index (κ3) is 6.37. The molecule has 0 spiro atoms. The summed E-state index contributed by atoms with van der Waals surface area (Å²) in [6.45, 7) is 13.6. The second-order valence-electron chi connectivity index (χ2n) is 9.28. The van der Waals surface area contributed by atoms with Crippen LogP contribution in [-0.4, -0.2) is 71.2 Å². The Morgan fingerprint density at radius 2 is 1.41 bits per heavy atom. The number of carbonyl (C=O) groups is 2. The summed E-state index contributed by atoms with van der Waals surface area (Å²) in [6.07, 6.45) is 2.43. The Morgan fingerprint density at radius 1 is 0.811 bits per heavy atom. The molecule has 1 heterocycles. The van der Waals surface area contributed by atoms with Gasteiger partial charge < -0.3 is 24.4 Å². The fourth-order valence-electron chi connectivity index (χ4n) is 5.05. The molecule has 0 atom stereocenters. The molecule has 8 heteroatoms. The van der Waals surface area contributed by atoms with Crippen LogP contribution in [0, 0.1) is 0 Å². The normalized spacial score (nSPS) is 11.7. The van der Waals surface area contributed by atoms with E-state index in [1.54, 1.807) is 6.07 Å². The molecule has 0 aliphatic rings. The number of nitrogens with zero attached hydrogens (tertiary/aromatic N) is 2. The number of fused-ring (bicyclic) bond motifs is 2. The molecule has 37 heavy (non-hydrogen) atoms. The highest BCUT2D eigenvalue weighted by molar-refractivity contribution is 6.01. The van der Waals surface area contributed by atoms with Crippen molar-refractivity contribution in [2.45, 2.75) is 53.4 Å². The number of benzene rings is 2. The van der Waals surface area contributed by atoms with E-state index in [0.717, 1.165) is 45.7 Å². The van der Waals surface area contributed by atoms with Crippen molar-refractivity contribution < 1.29 is 24.2 Å². The summed E-state index contributed by atoms with van der Waals surface area (Å²) < 4.78 is 6.11. The topological polar surface area (TPSA) is 111 Å². The number of aryl methyl sites for hydroxylation is 2. The van der Waals surface area contributed by atoms with E-state index < -0.39 is 17.4 Å². The van der Waals surface area contributed by atoms with Crippen molar-refractivity contribution in [1.29, 1.82) is 0 Å². The summed E-state index contributed by atoms with van der Waals surface area (Å²) in [5.41, 5.74) is 1.53. The Balaban J connectivity index is 2.20. The first-order chi connectivity index (χ1) is 17.7. The predicted octanol–water partition coefficient (Wildman–Crippen LogP) is 4.89. The smallest absolute Gasteiger partial charge is 0.336 e. The molecule has 3 aromatic rings. The van der Waals surface area contributed by atoms with E-state index in [1.807, 2.05) is 0 Å². The standard InChI is InChI=1S/C29H38N2O6/c1-5-30(6-2)15-9-11-19-18-24-26(21(25(19)29(35)36)12-10-16-31(7-3)8-4)27(32)22-17-20(28(33)34)13-14-23(22)37-24/h13-14,17-18H,5-12,15-16H2,1-4H3,(H,33,34)(H,35,36). The van der Waals surface area contributed by atoms with Crippen molar-refractivity contribution in [2.75, 3.05) is 39.3 Å². The first kappa shape index (κ1) is 28.3. The summed E-state index contributed by atoms with van der Waals surface area (Å²) in [5.74, 6) is -2.20. The number of hydrogen-bond donors (Lipinski definition) is 2. The lowest BCUT2D eigenvalue weighted by Crippen LogP contribution is -2.25. The Hall–Kier alpha value is -3.23. The Bertz CT molecular complexity index is 1320. The summed E-state index contributed by atoms with van der Waals surface area (Å²) in [7, 11) is 0. The van der Waals surface area contributed by atoms with Crippen LogP contribution in [0.3, 0.4) is 0 Å². The average Bonchev–Trinajstić information content (AvgIpc) is 2.88. The van der Waals surface area contributed by atoms with E-state index in [1.165, 1.54) is 18.2 Å². The van der Waals surface area contributed by atoms with Crippen molar-refractivity contribution in [3.05, 3.63) is 56.7 Å². The van der Waals surface area contributed by atoms with E-state index in [-0.39, 0.29) is 27.5 Å². The zero-order chi connectivity index (χ0) is 27.1. The van der Waals surface area contributed by atoms with Gasteiger partial charge in [0.15, 0.2) is 0 Å². The second kappa shape index (κ2) is 12.8. The van der Waals surface area contributed by atoms with Gasteiger partial charge in [-0.05, 0) is 100 Å². The molecular weight excluding hydrogens is 472 g/mol. The molecule has 0 unspecified atom stereocenters. The minimum Gasteiger partial charge on any atom is -0.478 e. The highest BCUT2D eigenvalue weighted by atomic mass is 16.4. The molecule has 0 saturated carbocycles. The lowest BCUT2D eigenvalue weighted by Gasteiger charge is -2.20. The van der Waals surface area contributed by atoms with Crippen LogP contribution in [0.25, 0.3) is 21.9 Å². The number of rotatable bonds is 14. The van der Waals surface area contributed by atoms with Gasteiger partial charge in [-0.25, -0.2) is 9.59 Å². The lowest BCUT2D eigenvalue weighted by molar-refractivity contribution is 0.0685. The third-order valence-corrected chi connectivity index (χ3v) is 7.22. The molecule has 0 aliphatic carbocycles. The fourth-order valence-corrected chi connectivity index (χ4v) is 5.05. The van der Waals surface area contributed by atoms with E-state index in [4.69, 9.17) is 4.42 Å². The molecule has 0 radical (unpaired) electrons. The van der Waals surface area contributed by atoms with Crippen LogP contribution in [-0.2, 0) is 12.8 Å². The first-order valence-corrected chi connectivity index (χ1v) is 13.2. The van der Waals surface area contributed by atoms with Crippen LogP contribution >= 0.6 is 0 Å². The zero-order valence-electron chi connectivity index (χ0n) is 22.3. The summed E-state index contributed by atoms with van der Waals surface area (Å²) in [6, 6.07) is 5.90. The average molecular weight is 511 g/mol. The Kier molecular flexibility index (Phi) is 9.83. The number of carboxylic acid groups (broad SMARTS) is 2. The molecule has 0 fully saturated rings. The maximum absolute atomic E-state index is 13.7. The second-order valence-corrected chi connectivity index (χ2v) is 9.28. The first-order valence-electron chi connectivity index (χ1n) is 13.2. The highest BCUT2D eigenvalue weighted by Gasteiger charge is 2.23. The number of hydrogen-bond acceptors (Lipinski definition) is 6. The molecule has 8 nitrogen and oxygen atoms in total. The maximum atomic E-state index is 13.7. The van der Waals surface area contributed by atoms with Crippen LogP contribution in [0.2, 0.25) is 0 Å². The van der Waals surface area contributed by atoms with Gasteiger partial charge >= 0.3 is 11.9 Å². The van der Waals surface area contributed by atoms with Crippen LogP contribution < -0.4 is 5.43 Å². The molecule has 3 rings (SSSR count). The lowest BCUT2D eigenvalue weighted by atomic mass is 9.90.